The van der Waals surface area contributed by atoms with Crippen LogP contribution >= 0.6 is 0 Å². The maximum atomic E-state index is 6.12. The van der Waals surface area contributed by atoms with E-state index in [0.29, 0.717) is 6.10 Å². The van der Waals surface area contributed by atoms with E-state index in [-0.39, 0.29) is 0 Å². The van der Waals surface area contributed by atoms with Crippen LogP contribution in [0, 0.1) is 13.8 Å². The summed E-state index contributed by atoms with van der Waals surface area (Å²) in [5, 5.41) is 6.90. The molecule has 31 heavy (non-hydrogen) atoms. The first-order valence-electron chi connectivity index (χ1n) is 11.6. The van der Waals surface area contributed by atoms with Gasteiger partial charge in [-0.05, 0) is 77.0 Å². The van der Waals surface area contributed by atoms with Crippen molar-refractivity contribution in [1.82, 2.24) is 20.2 Å². The van der Waals surface area contributed by atoms with E-state index >= 15 is 0 Å². The van der Waals surface area contributed by atoms with Crippen molar-refractivity contribution in [3.8, 4) is 17.1 Å². The highest BCUT2D eigenvalue weighted by Crippen LogP contribution is 2.25. The summed E-state index contributed by atoms with van der Waals surface area (Å²) >= 11 is 0. The number of aryl methyl sites for hydroxylation is 1. The third-order valence-corrected chi connectivity index (χ3v) is 6.14. The van der Waals surface area contributed by atoms with Crippen LogP contribution in [0.2, 0.25) is 0 Å². The Hall–Kier alpha value is -2.22. The molecular weight excluding hydrogens is 390 g/mol. The molecule has 0 unspecified atom stereocenters. The summed E-state index contributed by atoms with van der Waals surface area (Å²) in [4.78, 5) is 12.0. The molecule has 2 aliphatic rings. The minimum Gasteiger partial charge on any atom is -0.490 e. The van der Waals surface area contributed by atoms with Crippen LogP contribution in [0.15, 0.2) is 24.3 Å². The zero-order valence-electron chi connectivity index (χ0n) is 18.8. The smallest absolute Gasteiger partial charge is 0.161 e. The summed E-state index contributed by atoms with van der Waals surface area (Å²) in [7, 11) is 0. The van der Waals surface area contributed by atoms with Gasteiger partial charge in [-0.1, -0.05) is 0 Å². The standard InChI is InChI=1S/C24H35N5O2/c1-18-19(2)27-24(28-23(18)26-10-3-13-29-14-16-30-17-15-29)20-4-6-21(7-5-20)31-22-8-11-25-12-9-22/h4-7,22,25H,3,8-17H2,1-2H3,(H,26,27,28). The molecule has 1 aromatic carbocycles. The topological polar surface area (TPSA) is 71.5 Å². The molecule has 4 rings (SSSR count). The van der Waals surface area contributed by atoms with Crippen LogP contribution in [0.5, 0.6) is 5.75 Å². The molecule has 2 aliphatic heterocycles. The van der Waals surface area contributed by atoms with E-state index in [0.717, 1.165) is 106 Å². The molecular formula is C24H35N5O2. The first kappa shape index (κ1) is 22.0. The number of ether oxygens (including phenoxy) is 2. The molecule has 0 radical (unpaired) electrons. The second-order valence-electron chi connectivity index (χ2n) is 8.43. The molecule has 0 atom stereocenters. The van der Waals surface area contributed by atoms with Crippen molar-refractivity contribution >= 4 is 5.82 Å². The normalized spacial score (nSPS) is 18.1. The van der Waals surface area contributed by atoms with Crippen molar-refractivity contribution in [2.45, 2.75) is 39.2 Å². The van der Waals surface area contributed by atoms with E-state index < -0.39 is 0 Å². The van der Waals surface area contributed by atoms with E-state index in [1.807, 2.05) is 19.1 Å². The Morgan fingerprint density at radius 1 is 1.10 bits per heavy atom. The van der Waals surface area contributed by atoms with Gasteiger partial charge in [-0.3, -0.25) is 4.90 Å². The van der Waals surface area contributed by atoms with Crippen LogP contribution in [0.25, 0.3) is 11.4 Å². The number of hydrogen-bond acceptors (Lipinski definition) is 7. The largest absolute Gasteiger partial charge is 0.490 e. The number of morpholine rings is 1. The van der Waals surface area contributed by atoms with Gasteiger partial charge in [0.25, 0.3) is 0 Å². The molecule has 7 heteroatoms. The van der Waals surface area contributed by atoms with Crippen LogP contribution in [0.1, 0.15) is 30.5 Å². The summed E-state index contributed by atoms with van der Waals surface area (Å²) in [5.41, 5.74) is 3.13. The van der Waals surface area contributed by atoms with Crippen LogP contribution in [-0.4, -0.2) is 73.5 Å². The molecule has 7 nitrogen and oxygen atoms in total. The number of rotatable bonds is 8. The van der Waals surface area contributed by atoms with Gasteiger partial charge in [0.2, 0.25) is 0 Å². The molecule has 0 amide bonds. The van der Waals surface area contributed by atoms with E-state index in [1.54, 1.807) is 0 Å². The quantitative estimate of drug-likeness (QED) is 0.630. The zero-order chi connectivity index (χ0) is 21.5. The van der Waals surface area contributed by atoms with E-state index in [9.17, 15) is 0 Å². The molecule has 0 saturated carbocycles. The Morgan fingerprint density at radius 2 is 1.84 bits per heavy atom. The van der Waals surface area contributed by atoms with Crippen molar-refractivity contribution in [3.05, 3.63) is 35.5 Å². The molecule has 3 heterocycles. The van der Waals surface area contributed by atoms with Crippen molar-refractivity contribution in [3.63, 3.8) is 0 Å². The maximum Gasteiger partial charge on any atom is 0.161 e. The predicted octanol–water partition coefficient (Wildman–Crippen LogP) is 3.03. The Kier molecular flexibility index (Phi) is 7.72. The number of nitrogens with one attached hydrogen (secondary N) is 2. The van der Waals surface area contributed by atoms with Gasteiger partial charge < -0.3 is 20.1 Å². The minimum atomic E-state index is 0.304. The lowest BCUT2D eigenvalue weighted by Crippen LogP contribution is -2.37. The monoisotopic (exact) mass is 425 g/mol. The minimum absolute atomic E-state index is 0.304. The van der Waals surface area contributed by atoms with Crippen molar-refractivity contribution in [1.29, 1.82) is 0 Å². The van der Waals surface area contributed by atoms with E-state index in [1.165, 1.54) is 0 Å². The highest BCUT2D eigenvalue weighted by atomic mass is 16.5. The van der Waals surface area contributed by atoms with Gasteiger partial charge in [0.1, 0.15) is 17.7 Å². The van der Waals surface area contributed by atoms with Gasteiger partial charge in [0.15, 0.2) is 5.82 Å². The number of anilines is 1. The average Bonchev–Trinajstić information content (AvgIpc) is 2.81. The van der Waals surface area contributed by atoms with Crippen LogP contribution in [0.4, 0.5) is 5.82 Å². The Morgan fingerprint density at radius 3 is 2.58 bits per heavy atom. The zero-order valence-corrected chi connectivity index (χ0v) is 18.8. The highest BCUT2D eigenvalue weighted by molar-refractivity contribution is 5.60. The van der Waals surface area contributed by atoms with Gasteiger partial charge in [-0.15, -0.1) is 0 Å². The first-order chi connectivity index (χ1) is 15.2. The summed E-state index contributed by atoms with van der Waals surface area (Å²) in [5.74, 6) is 2.60. The molecule has 2 fully saturated rings. The lowest BCUT2D eigenvalue weighted by atomic mass is 10.1. The van der Waals surface area contributed by atoms with Crippen molar-refractivity contribution in [2.75, 3.05) is 57.8 Å². The Balaban J connectivity index is 1.36. The second-order valence-corrected chi connectivity index (χ2v) is 8.43. The number of benzene rings is 1. The number of hydrogen-bond donors (Lipinski definition) is 2. The summed E-state index contributed by atoms with van der Waals surface area (Å²) in [6.45, 7) is 11.9. The van der Waals surface area contributed by atoms with E-state index in [4.69, 9.17) is 19.4 Å². The van der Waals surface area contributed by atoms with Gasteiger partial charge in [-0.25, -0.2) is 9.97 Å². The third-order valence-electron chi connectivity index (χ3n) is 6.14. The Bertz CT molecular complexity index is 831. The first-order valence-corrected chi connectivity index (χ1v) is 11.6. The van der Waals surface area contributed by atoms with Crippen LogP contribution in [-0.2, 0) is 4.74 Å². The van der Waals surface area contributed by atoms with Crippen molar-refractivity contribution in [2.24, 2.45) is 0 Å². The van der Waals surface area contributed by atoms with Crippen molar-refractivity contribution < 1.29 is 9.47 Å². The van der Waals surface area contributed by atoms with Crippen LogP contribution in [0.3, 0.4) is 0 Å². The highest BCUT2D eigenvalue weighted by Gasteiger charge is 2.15. The summed E-state index contributed by atoms with van der Waals surface area (Å²) in [6.07, 6.45) is 3.50. The molecule has 2 N–H and O–H groups in total. The second kappa shape index (κ2) is 10.9. The summed E-state index contributed by atoms with van der Waals surface area (Å²) < 4.78 is 11.5. The SMILES string of the molecule is Cc1nc(-c2ccc(OC3CCNCC3)cc2)nc(NCCCN2CCOCC2)c1C. The third kappa shape index (κ3) is 6.15. The van der Waals surface area contributed by atoms with E-state index in [2.05, 4.69) is 34.6 Å². The molecule has 0 spiro atoms. The lowest BCUT2D eigenvalue weighted by Gasteiger charge is -2.26. The average molecular weight is 426 g/mol. The predicted molar refractivity (Wildman–Crippen MR) is 124 cm³/mol. The molecule has 0 aliphatic carbocycles. The lowest BCUT2D eigenvalue weighted by molar-refractivity contribution is 0.0378. The van der Waals surface area contributed by atoms with Gasteiger partial charge in [0, 0.05) is 36.5 Å². The fourth-order valence-corrected chi connectivity index (χ4v) is 4.05. The molecule has 168 valence electrons. The molecule has 2 aromatic rings. The summed E-state index contributed by atoms with van der Waals surface area (Å²) in [6, 6.07) is 8.18. The van der Waals surface area contributed by atoms with Gasteiger partial charge >= 0.3 is 0 Å². The Labute approximate surface area is 185 Å². The fraction of sp³-hybridized carbons (Fsp3) is 0.583. The molecule has 2 saturated heterocycles. The number of piperidine rings is 1. The molecule has 1 aromatic heterocycles. The van der Waals surface area contributed by atoms with Gasteiger partial charge in [0.05, 0.1) is 13.2 Å². The molecule has 0 bridgehead atoms. The van der Waals surface area contributed by atoms with Gasteiger partial charge in [-0.2, -0.15) is 0 Å². The number of aromatic nitrogens is 2. The maximum absolute atomic E-state index is 6.12. The fourth-order valence-electron chi connectivity index (χ4n) is 4.05. The number of nitrogens with zero attached hydrogens (tertiary/aromatic N) is 3. The van der Waals surface area contributed by atoms with Crippen LogP contribution < -0.4 is 15.4 Å².